The maximum absolute atomic E-state index is 13.7. The Bertz CT molecular complexity index is 1240. The van der Waals surface area contributed by atoms with E-state index in [1.807, 2.05) is 54.6 Å². The van der Waals surface area contributed by atoms with E-state index in [0.717, 1.165) is 55.9 Å². The first-order chi connectivity index (χ1) is 17.6. The van der Waals surface area contributed by atoms with E-state index in [9.17, 15) is 21.6 Å². The van der Waals surface area contributed by atoms with E-state index < -0.39 is 21.8 Å². The highest BCUT2D eigenvalue weighted by Crippen LogP contribution is 2.31. The number of rotatable bonds is 9. The van der Waals surface area contributed by atoms with Gasteiger partial charge in [0.1, 0.15) is 0 Å². The molecule has 0 aromatic heterocycles. The first kappa shape index (κ1) is 27.6. The number of alkyl halides is 3. The van der Waals surface area contributed by atoms with E-state index in [1.54, 1.807) is 0 Å². The second-order valence-electron chi connectivity index (χ2n) is 9.32. The van der Waals surface area contributed by atoms with Crippen molar-refractivity contribution in [1.82, 2.24) is 9.21 Å². The lowest BCUT2D eigenvalue weighted by molar-refractivity contribution is -0.137. The summed E-state index contributed by atoms with van der Waals surface area (Å²) in [5, 5.41) is 0.703. The van der Waals surface area contributed by atoms with E-state index in [0.29, 0.717) is 24.3 Å². The van der Waals surface area contributed by atoms with Crippen molar-refractivity contribution >= 4 is 21.6 Å². The normalized spacial score (nSPS) is 15.8. The van der Waals surface area contributed by atoms with Crippen molar-refractivity contribution in [3.8, 4) is 0 Å². The highest BCUT2D eigenvalue weighted by molar-refractivity contribution is 7.89. The van der Waals surface area contributed by atoms with Crippen molar-refractivity contribution in [3.05, 3.63) is 101 Å². The van der Waals surface area contributed by atoms with Gasteiger partial charge in [0, 0.05) is 24.2 Å². The third kappa shape index (κ3) is 7.35. The summed E-state index contributed by atoms with van der Waals surface area (Å²) in [5.41, 5.74) is 1.34. The molecule has 0 amide bonds. The van der Waals surface area contributed by atoms with Gasteiger partial charge in [-0.05, 0) is 86.3 Å². The Morgan fingerprint density at radius 1 is 0.838 bits per heavy atom. The minimum atomic E-state index is -4.52. The lowest BCUT2D eigenvalue weighted by atomic mass is 10.0. The molecule has 4 nitrogen and oxygen atoms in total. The Morgan fingerprint density at radius 2 is 1.43 bits per heavy atom. The molecule has 0 bridgehead atoms. The van der Waals surface area contributed by atoms with Crippen LogP contribution in [0, 0.1) is 0 Å². The Morgan fingerprint density at radius 3 is 2.03 bits per heavy atom. The Hall–Kier alpha value is -2.39. The number of halogens is 4. The van der Waals surface area contributed by atoms with E-state index in [1.165, 1.54) is 9.87 Å². The van der Waals surface area contributed by atoms with E-state index >= 15 is 0 Å². The molecule has 1 heterocycles. The summed E-state index contributed by atoms with van der Waals surface area (Å²) >= 11 is 5.97. The van der Waals surface area contributed by atoms with Crippen LogP contribution in [0.5, 0.6) is 0 Å². The van der Waals surface area contributed by atoms with E-state index in [-0.39, 0.29) is 17.5 Å². The van der Waals surface area contributed by atoms with Gasteiger partial charge < -0.3 is 4.90 Å². The zero-order valence-corrected chi connectivity index (χ0v) is 21.9. The maximum atomic E-state index is 13.7. The summed E-state index contributed by atoms with van der Waals surface area (Å²) in [5.74, 6) is 0. The molecule has 1 saturated heterocycles. The molecule has 1 fully saturated rings. The van der Waals surface area contributed by atoms with E-state index in [2.05, 4.69) is 4.90 Å². The molecule has 0 atom stereocenters. The first-order valence-electron chi connectivity index (χ1n) is 12.3. The molecule has 1 aliphatic heterocycles. The summed E-state index contributed by atoms with van der Waals surface area (Å²) < 4.78 is 67.9. The van der Waals surface area contributed by atoms with Crippen molar-refractivity contribution in [2.75, 3.05) is 26.2 Å². The van der Waals surface area contributed by atoms with Crippen LogP contribution in [0.2, 0.25) is 5.02 Å². The van der Waals surface area contributed by atoms with Crippen molar-refractivity contribution < 1.29 is 21.6 Å². The molecule has 0 radical (unpaired) electrons. The Kier molecular flexibility index (Phi) is 8.95. The fraction of sp³-hybridized carbons (Fsp3) is 0.357. The van der Waals surface area contributed by atoms with Crippen molar-refractivity contribution in [2.24, 2.45) is 0 Å². The number of hydrogen-bond acceptors (Lipinski definition) is 3. The molecule has 0 saturated carbocycles. The molecule has 0 N–H and O–H groups in total. The number of benzene rings is 3. The summed E-state index contributed by atoms with van der Waals surface area (Å²) in [4.78, 5) is 2.21. The zero-order chi connectivity index (χ0) is 26.5. The van der Waals surface area contributed by atoms with Gasteiger partial charge in [-0.15, -0.1) is 0 Å². The van der Waals surface area contributed by atoms with Crippen LogP contribution in [-0.4, -0.2) is 49.8 Å². The largest absolute Gasteiger partial charge is 0.416 e. The van der Waals surface area contributed by atoms with Gasteiger partial charge in [0.05, 0.1) is 10.5 Å². The van der Waals surface area contributed by atoms with Crippen LogP contribution < -0.4 is 0 Å². The van der Waals surface area contributed by atoms with Gasteiger partial charge >= 0.3 is 6.18 Å². The third-order valence-corrected chi connectivity index (χ3v) is 9.06. The number of piperidine rings is 1. The fourth-order valence-electron chi connectivity index (χ4n) is 4.70. The van der Waals surface area contributed by atoms with Crippen LogP contribution >= 0.6 is 11.6 Å². The lowest BCUT2D eigenvalue weighted by Crippen LogP contribution is -2.48. The number of hydrogen-bond donors (Lipinski definition) is 0. The lowest BCUT2D eigenvalue weighted by Gasteiger charge is -2.38. The second kappa shape index (κ2) is 12.0. The number of likely N-dealkylation sites (tertiary alicyclic amines) is 1. The monoisotopic (exact) mass is 550 g/mol. The van der Waals surface area contributed by atoms with Crippen LogP contribution in [-0.2, 0) is 29.0 Å². The molecule has 4 rings (SSSR count). The highest BCUT2D eigenvalue weighted by Gasteiger charge is 2.35. The van der Waals surface area contributed by atoms with Crippen LogP contribution in [0.1, 0.15) is 29.5 Å². The SMILES string of the molecule is O=S(=O)(c1ccc(C(F)(F)F)cc1)N(CCc1ccccc1)C1CCN(CCc2ccc(Cl)cc2)CC1. The van der Waals surface area contributed by atoms with Gasteiger partial charge in [-0.25, -0.2) is 8.42 Å². The van der Waals surface area contributed by atoms with Crippen molar-refractivity contribution in [1.29, 1.82) is 0 Å². The van der Waals surface area contributed by atoms with Crippen molar-refractivity contribution in [3.63, 3.8) is 0 Å². The molecule has 0 aliphatic carbocycles. The summed E-state index contributed by atoms with van der Waals surface area (Å²) in [6.07, 6.45) is -1.79. The molecule has 9 heteroatoms. The smallest absolute Gasteiger partial charge is 0.303 e. The topological polar surface area (TPSA) is 40.6 Å². The van der Waals surface area contributed by atoms with Gasteiger partial charge in [-0.1, -0.05) is 54.1 Å². The quantitative estimate of drug-likeness (QED) is 0.314. The molecule has 37 heavy (non-hydrogen) atoms. The minimum Gasteiger partial charge on any atom is -0.303 e. The molecule has 0 unspecified atom stereocenters. The average molecular weight is 551 g/mol. The number of nitrogens with zero attached hydrogens (tertiary/aromatic N) is 2. The summed E-state index contributed by atoms with van der Waals surface area (Å²) in [7, 11) is -3.97. The first-order valence-corrected chi connectivity index (χ1v) is 14.1. The Balaban J connectivity index is 1.46. The second-order valence-corrected chi connectivity index (χ2v) is 11.6. The maximum Gasteiger partial charge on any atom is 0.416 e. The Labute approximate surface area is 221 Å². The average Bonchev–Trinajstić information content (AvgIpc) is 2.89. The van der Waals surface area contributed by atoms with Gasteiger partial charge in [0.2, 0.25) is 10.0 Å². The third-order valence-electron chi connectivity index (χ3n) is 6.85. The van der Waals surface area contributed by atoms with Crippen LogP contribution in [0.15, 0.2) is 83.8 Å². The van der Waals surface area contributed by atoms with Gasteiger partial charge in [0.25, 0.3) is 0 Å². The van der Waals surface area contributed by atoms with Gasteiger partial charge in [0.15, 0.2) is 0 Å². The van der Waals surface area contributed by atoms with Crippen LogP contribution in [0.3, 0.4) is 0 Å². The minimum absolute atomic E-state index is 0.112. The molecule has 0 spiro atoms. The van der Waals surface area contributed by atoms with Crippen LogP contribution in [0.25, 0.3) is 0 Å². The molecule has 198 valence electrons. The molecular formula is C28H30ClF3N2O2S. The summed E-state index contributed by atoms with van der Waals surface area (Å²) in [6.45, 7) is 2.64. The molecule has 3 aromatic carbocycles. The summed E-state index contributed by atoms with van der Waals surface area (Å²) in [6, 6.07) is 21.0. The van der Waals surface area contributed by atoms with Crippen LogP contribution in [0.4, 0.5) is 13.2 Å². The van der Waals surface area contributed by atoms with Gasteiger partial charge in [-0.3, -0.25) is 0 Å². The predicted octanol–water partition coefficient (Wildman–Crippen LogP) is 6.30. The standard InChI is InChI=1S/C28H30ClF3N2O2S/c29-25-10-6-23(7-11-25)14-18-33-19-16-26(17-20-33)34(21-15-22-4-2-1-3-5-22)37(35,36)27-12-8-24(9-13-27)28(30,31)32/h1-13,26H,14-21H2. The fourth-order valence-corrected chi connectivity index (χ4v) is 6.52. The highest BCUT2D eigenvalue weighted by atomic mass is 35.5. The van der Waals surface area contributed by atoms with Crippen molar-refractivity contribution in [2.45, 2.75) is 42.8 Å². The number of sulfonamides is 1. The zero-order valence-electron chi connectivity index (χ0n) is 20.4. The van der Waals surface area contributed by atoms with E-state index in [4.69, 9.17) is 11.6 Å². The van der Waals surface area contributed by atoms with Gasteiger partial charge in [-0.2, -0.15) is 17.5 Å². The molecule has 3 aromatic rings. The molecular weight excluding hydrogens is 521 g/mol. The molecule has 1 aliphatic rings. The predicted molar refractivity (Wildman–Crippen MR) is 140 cm³/mol.